The molecular formula is C22H26N2O3. The lowest BCUT2D eigenvalue weighted by Crippen LogP contribution is -2.19. The number of ether oxygens (including phenoxy) is 1. The Morgan fingerprint density at radius 2 is 1.74 bits per heavy atom. The zero-order valence-corrected chi connectivity index (χ0v) is 15.6. The number of hydrogen-bond donors (Lipinski definition) is 2. The Morgan fingerprint density at radius 3 is 2.37 bits per heavy atom. The van der Waals surface area contributed by atoms with E-state index in [0.717, 1.165) is 17.7 Å². The van der Waals surface area contributed by atoms with Gasteiger partial charge in [-0.2, -0.15) is 0 Å². The second kappa shape index (κ2) is 10.8. The molecule has 5 nitrogen and oxygen atoms in total. The van der Waals surface area contributed by atoms with Gasteiger partial charge < -0.3 is 15.8 Å². The topological polar surface area (TPSA) is 81.4 Å². The van der Waals surface area contributed by atoms with Gasteiger partial charge in [0.05, 0.1) is 0 Å². The molecule has 0 bridgehead atoms. The molecule has 0 aliphatic rings. The number of nitrogens with one attached hydrogen (secondary N) is 1. The molecule has 0 saturated heterocycles. The molecule has 27 heavy (non-hydrogen) atoms. The van der Waals surface area contributed by atoms with Crippen LogP contribution in [0.25, 0.3) is 6.08 Å². The number of carbonyl (C=O) groups is 2. The summed E-state index contributed by atoms with van der Waals surface area (Å²) in [4.78, 5) is 22.7. The fourth-order valence-corrected chi connectivity index (χ4v) is 2.52. The second-order valence-electron chi connectivity index (χ2n) is 6.30. The number of rotatable bonds is 10. The lowest BCUT2D eigenvalue weighted by molar-refractivity contribution is -0.120. The lowest BCUT2D eigenvalue weighted by Gasteiger charge is -2.05. The summed E-state index contributed by atoms with van der Waals surface area (Å²) in [6.45, 7) is 2.04. The first-order valence-corrected chi connectivity index (χ1v) is 9.16. The average Bonchev–Trinajstić information content (AvgIpc) is 2.67. The molecule has 2 rings (SSSR count). The largest absolute Gasteiger partial charge is 0.484 e. The number of hydrogen-bond acceptors (Lipinski definition) is 3. The highest BCUT2D eigenvalue weighted by molar-refractivity contribution is 6.01. The number of unbranched alkanes of at least 4 members (excludes halogenated alkanes) is 2. The Morgan fingerprint density at radius 1 is 1.04 bits per heavy atom. The highest BCUT2D eigenvalue weighted by Gasteiger charge is 2.00. The molecule has 0 saturated carbocycles. The van der Waals surface area contributed by atoms with Crippen LogP contribution in [0.4, 0.5) is 5.69 Å². The predicted molar refractivity (Wildman–Crippen MR) is 108 cm³/mol. The number of amides is 2. The number of carbonyl (C=O) groups excluding carboxylic acids is 2. The van der Waals surface area contributed by atoms with Crippen molar-refractivity contribution in [3.63, 3.8) is 0 Å². The van der Waals surface area contributed by atoms with Crippen molar-refractivity contribution in [2.45, 2.75) is 32.6 Å². The maximum absolute atomic E-state index is 12.1. The van der Waals surface area contributed by atoms with Crippen LogP contribution in [0.1, 0.15) is 37.3 Å². The minimum atomic E-state index is -0.523. The van der Waals surface area contributed by atoms with E-state index >= 15 is 0 Å². The fourth-order valence-electron chi connectivity index (χ4n) is 2.52. The quantitative estimate of drug-likeness (QED) is 0.494. The molecule has 2 aromatic carbocycles. The summed E-state index contributed by atoms with van der Waals surface area (Å²) in [6, 6.07) is 15.0. The molecule has 0 aliphatic carbocycles. The third-order valence-corrected chi connectivity index (χ3v) is 3.98. The van der Waals surface area contributed by atoms with E-state index in [1.165, 1.54) is 30.9 Å². The van der Waals surface area contributed by atoms with Crippen molar-refractivity contribution in [2.75, 3.05) is 11.9 Å². The maximum atomic E-state index is 12.1. The van der Waals surface area contributed by atoms with Crippen molar-refractivity contribution in [1.29, 1.82) is 0 Å². The molecule has 5 heteroatoms. The van der Waals surface area contributed by atoms with Crippen LogP contribution in [0.15, 0.2) is 54.6 Å². The van der Waals surface area contributed by atoms with Gasteiger partial charge in [-0.3, -0.25) is 9.59 Å². The molecule has 2 amide bonds. The van der Waals surface area contributed by atoms with Crippen molar-refractivity contribution in [2.24, 2.45) is 5.73 Å². The summed E-state index contributed by atoms with van der Waals surface area (Å²) in [5, 5.41) is 2.85. The summed E-state index contributed by atoms with van der Waals surface area (Å²) in [5.41, 5.74) is 7.94. The smallest absolute Gasteiger partial charge is 0.255 e. The van der Waals surface area contributed by atoms with Gasteiger partial charge in [-0.1, -0.05) is 44.0 Å². The van der Waals surface area contributed by atoms with Crippen LogP contribution in [-0.2, 0) is 16.0 Å². The predicted octanol–water partition coefficient (Wildman–Crippen LogP) is 3.94. The van der Waals surface area contributed by atoms with E-state index in [-0.39, 0.29) is 12.5 Å². The molecule has 0 spiro atoms. The van der Waals surface area contributed by atoms with E-state index in [1.54, 1.807) is 30.3 Å². The van der Waals surface area contributed by atoms with E-state index in [2.05, 4.69) is 24.4 Å². The second-order valence-corrected chi connectivity index (χ2v) is 6.30. The van der Waals surface area contributed by atoms with Gasteiger partial charge in [0.15, 0.2) is 6.61 Å². The van der Waals surface area contributed by atoms with Crippen LogP contribution in [0.5, 0.6) is 5.75 Å². The monoisotopic (exact) mass is 366 g/mol. The molecule has 0 unspecified atom stereocenters. The lowest BCUT2D eigenvalue weighted by atomic mass is 10.1. The van der Waals surface area contributed by atoms with E-state index in [0.29, 0.717) is 5.75 Å². The van der Waals surface area contributed by atoms with Gasteiger partial charge in [0, 0.05) is 11.8 Å². The standard InChI is InChI=1S/C22H26N2O3/c1-2-3-4-5-17-6-11-19(12-7-17)24-22(26)15-10-18-8-13-20(14-9-18)27-16-21(23)25/h6-15H,2-5,16H2,1H3,(H2,23,25)(H,24,26). The summed E-state index contributed by atoms with van der Waals surface area (Å²) in [6.07, 6.45) is 7.91. The zero-order chi connectivity index (χ0) is 19.5. The first kappa shape index (κ1) is 20.2. The van der Waals surface area contributed by atoms with Gasteiger partial charge in [-0.15, -0.1) is 0 Å². The van der Waals surface area contributed by atoms with E-state index in [9.17, 15) is 9.59 Å². The number of nitrogens with two attached hydrogens (primary N) is 1. The van der Waals surface area contributed by atoms with E-state index in [4.69, 9.17) is 10.5 Å². The van der Waals surface area contributed by atoms with Crippen LogP contribution in [0.3, 0.4) is 0 Å². The van der Waals surface area contributed by atoms with Crippen molar-refractivity contribution >= 4 is 23.6 Å². The third-order valence-electron chi connectivity index (χ3n) is 3.98. The van der Waals surface area contributed by atoms with Crippen LogP contribution in [0.2, 0.25) is 0 Å². The average molecular weight is 366 g/mol. The van der Waals surface area contributed by atoms with Crippen molar-refractivity contribution in [3.05, 3.63) is 65.7 Å². The minimum Gasteiger partial charge on any atom is -0.484 e. The zero-order valence-electron chi connectivity index (χ0n) is 15.6. The first-order chi connectivity index (χ1) is 13.1. The molecule has 0 heterocycles. The van der Waals surface area contributed by atoms with Gasteiger partial charge in [-0.05, 0) is 54.3 Å². The van der Waals surface area contributed by atoms with Crippen molar-refractivity contribution in [3.8, 4) is 5.75 Å². The minimum absolute atomic E-state index is 0.158. The summed E-state index contributed by atoms with van der Waals surface area (Å²) < 4.78 is 5.19. The normalized spacial score (nSPS) is 10.7. The molecule has 0 aliphatic heterocycles. The Bertz CT molecular complexity index is 765. The van der Waals surface area contributed by atoms with Gasteiger partial charge in [-0.25, -0.2) is 0 Å². The highest BCUT2D eigenvalue weighted by atomic mass is 16.5. The number of primary amides is 1. The molecule has 2 aromatic rings. The van der Waals surface area contributed by atoms with Crippen LogP contribution in [-0.4, -0.2) is 18.4 Å². The molecule has 0 atom stereocenters. The molecule has 0 aromatic heterocycles. The Balaban J connectivity index is 1.83. The van der Waals surface area contributed by atoms with Crippen LogP contribution >= 0.6 is 0 Å². The highest BCUT2D eigenvalue weighted by Crippen LogP contribution is 2.14. The molecule has 142 valence electrons. The third kappa shape index (κ3) is 7.77. The Labute approximate surface area is 160 Å². The van der Waals surface area contributed by atoms with Gasteiger partial charge >= 0.3 is 0 Å². The number of anilines is 1. The SMILES string of the molecule is CCCCCc1ccc(NC(=O)C=Cc2ccc(OCC(N)=O)cc2)cc1. The molecular weight excluding hydrogens is 340 g/mol. The summed E-state index contributed by atoms with van der Waals surface area (Å²) in [5.74, 6) is -0.165. The summed E-state index contributed by atoms with van der Waals surface area (Å²) in [7, 11) is 0. The fraction of sp³-hybridized carbons (Fsp3) is 0.273. The molecule has 0 radical (unpaired) electrons. The van der Waals surface area contributed by atoms with Crippen LogP contribution < -0.4 is 15.8 Å². The van der Waals surface area contributed by atoms with Crippen molar-refractivity contribution in [1.82, 2.24) is 0 Å². The van der Waals surface area contributed by atoms with Gasteiger partial charge in [0.1, 0.15) is 5.75 Å². The van der Waals surface area contributed by atoms with Crippen LogP contribution in [0, 0.1) is 0 Å². The molecule has 3 N–H and O–H groups in total. The van der Waals surface area contributed by atoms with Gasteiger partial charge in [0.25, 0.3) is 5.91 Å². The van der Waals surface area contributed by atoms with E-state index < -0.39 is 5.91 Å². The first-order valence-electron chi connectivity index (χ1n) is 9.16. The Hall–Kier alpha value is -3.08. The maximum Gasteiger partial charge on any atom is 0.255 e. The number of aryl methyl sites for hydroxylation is 1. The van der Waals surface area contributed by atoms with E-state index in [1.807, 2.05) is 12.1 Å². The van der Waals surface area contributed by atoms with Gasteiger partial charge in [0.2, 0.25) is 5.91 Å². The van der Waals surface area contributed by atoms with Crippen molar-refractivity contribution < 1.29 is 14.3 Å². The Kier molecular flexibility index (Phi) is 8.10. The summed E-state index contributed by atoms with van der Waals surface area (Å²) >= 11 is 0. The number of benzene rings is 2. The molecule has 0 fully saturated rings.